The molecule has 2 atom stereocenters. The molecule has 1 fully saturated rings. The van der Waals surface area contributed by atoms with E-state index in [-0.39, 0.29) is 41.9 Å². The number of hydrogen-bond donors (Lipinski definition) is 0. The van der Waals surface area contributed by atoms with Crippen molar-refractivity contribution in [2.75, 3.05) is 60.5 Å². The number of benzene rings is 3. The Morgan fingerprint density at radius 2 is 1.52 bits per heavy atom. The number of amides is 3. The van der Waals surface area contributed by atoms with Crippen molar-refractivity contribution in [1.29, 1.82) is 0 Å². The largest absolute Gasteiger partial charge is 0.493 e. The average molecular weight is 774 g/mol. The van der Waals surface area contributed by atoms with Gasteiger partial charge < -0.3 is 14.5 Å². The molecule has 5 rings (SSSR count). The molecule has 0 radical (unpaired) electrons. The van der Waals surface area contributed by atoms with E-state index in [1.54, 1.807) is 59.0 Å². The summed E-state index contributed by atoms with van der Waals surface area (Å²) >= 11 is 12.6. The zero-order valence-electron chi connectivity index (χ0n) is 30.5. The van der Waals surface area contributed by atoms with Crippen molar-refractivity contribution in [2.45, 2.75) is 50.7 Å². The van der Waals surface area contributed by atoms with Crippen molar-refractivity contribution in [1.82, 2.24) is 24.1 Å². The molecular weight excluding hydrogens is 727 g/mol. The van der Waals surface area contributed by atoms with E-state index in [4.69, 9.17) is 37.8 Å². The van der Waals surface area contributed by atoms with Crippen LogP contribution in [0.5, 0.6) is 5.75 Å². The van der Waals surface area contributed by atoms with Gasteiger partial charge in [-0.05, 0) is 80.8 Å². The Morgan fingerprint density at radius 3 is 2.06 bits per heavy atom. The first-order chi connectivity index (χ1) is 24.7. The van der Waals surface area contributed by atoms with Crippen LogP contribution < -0.4 is 4.74 Å². The minimum Gasteiger partial charge on any atom is -0.493 e. The maximum Gasteiger partial charge on any atom is 0.326 e. The summed E-state index contributed by atoms with van der Waals surface area (Å²) in [6.07, 6.45) is 0. The quantitative estimate of drug-likeness (QED) is 0.219. The lowest BCUT2D eigenvalue weighted by atomic mass is 9.93. The predicted molar refractivity (Wildman–Crippen MR) is 202 cm³/mol. The zero-order chi connectivity index (χ0) is 37.9. The molecule has 3 aromatic rings. The Balaban J connectivity index is 1.64. The maximum atomic E-state index is 15.0. The Bertz CT molecular complexity index is 1900. The van der Waals surface area contributed by atoms with Crippen LogP contribution >= 0.6 is 23.2 Å². The smallest absolute Gasteiger partial charge is 0.326 e. The Hall–Kier alpha value is -3.72. The Labute approximate surface area is 316 Å². The molecule has 2 heterocycles. The number of likely N-dealkylation sites (N-methyl/N-ethyl adjacent to an activating group) is 1. The number of aryl methyl sites for hydroxylation is 1. The molecule has 3 aromatic carbocycles. The van der Waals surface area contributed by atoms with Crippen LogP contribution in [0.2, 0.25) is 10.0 Å². The number of halogens is 2. The van der Waals surface area contributed by atoms with Crippen LogP contribution in [0.25, 0.3) is 0 Å². The second kappa shape index (κ2) is 16.5. The van der Waals surface area contributed by atoms with Crippen molar-refractivity contribution < 1.29 is 27.6 Å². The standard InChI is InChI=1S/C37H46Cl2N6O6S/c1-8-51-31-21-25(4)32(52(48,49)42(6)50-7)22-30(31)36-40-34(26-9-13-28(38)14-10-26)35(27-11-15-29(39)16-12-27)45(36)37(47)44-19-17-43(18-20-44)23-33(46)41(5)24(2)3/h9-16,21-22,24,34-35H,8,17-20,23H2,1-7H3/t34-,35+/m0/s1. The summed E-state index contributed by atoms with van der Waals surface area (Å²) < 4.78 is 34.3. The first kappa shape index (κ1) is 39.5. The van der Waals surface area contributed by atoms with Gasteiger partial charge in [-0.25, -0.2) is 13.2 Å². The third-order valence-corrected chi connectivity index (χ3v) is 11.9. The lowest BCUT2D eigenvalue weighted by molar-refractivity contribution is -0.132. The molecule has 0 saturated carbocycles. The Morgan fingerprint density at radius 1 is 0.942 bits per heavy atom. The van der Waals surface area contributed by atoms with Gasteiger partial charge in [-0.1, -0.05) is 51.9 Å². The molecule has 0 unspecified atom stereocenters. The number of hydrogen-bond acceptors (Lipinski definition) is 8. The first-order valence-electron chi connectivity index (χ1n) is 17.1. The van der Waals surface area contributed by atoms with Gasteiger partial charge in [0, 0.05) is 56.4 Å². The van der Waals surface area contributed by atoms with Crippen LogP contribution in [0.1, 0.15) is 55.1 Å². The van der Waals surface area contributed by atoms with E-state index in [9.17, 15) is 13.2 Å². The zero-order valence-corrected chi connectivity index (χ0v) is 32.9. The monoisotopic (exact) mass is 772 g/mol. The maximum absolute atomic E-state index is 15.0. The Kier molecular flexibility index (Phi) is 12.5. The molecule has 3 amide bonds. The number of ether oxygens (including phenoxy) is 1. The van der Waals surface area contributed by atoms with Gasteiger partial charge in [0.2, 0.25) is 5.91 Å². The van der Waals surface area contributed by atoms with Gasteiger partial charge in [0.1, 0.15) is 17.6 Å². The normalized spacial score (nSPS) is 18.2. The molecule has 12 nitrogen and oxygen atoms in total. The first-order valence-corrected chi connectivity index (χ1v) is 19.3. The van der Waals surface area contributed by atoms with Crippen molar-refractivity contribution in [3.63, 3.8) is 0 Å². The van der Waals surface area contributed by atoms with Crippen molar-refractivity contribution >= 4 is 51.0 Å². The van der Waals surface area contributed by atoms with Crippen LogP contribution in [0, 0.1) is 6.92 Å². The SMILES string of the molecule is CCOc1cc(C)c(S(=O)(=O)N(C)OC)cc1C1=N[C@@H](c2ccc(Cl)cc2)[C@@H](c2ccc(Cl)cc2)N1C(=O)N1CCN(CC(=O)N(C)C(C)C)CC1. The minimum absolute atomic E-state index is 0.0186. The topological polar surface area (TPSA) is 115 Å². The van der Waals surface area contributed by atoms with Crippen LogP contribution in [-0.4, -0.2) is 117 Å². The van der Waals surface area contributed by atoms with E-state index in [0.29, 0.717) is 53.1 Å². The highest BCUT2D eigenvalue weighted by Gasteiger charge is 2.45. The highest BCUT2D eigenvalue weighted by Crippen LogP contribution is 2.46. The highest BCUT2D eigenvalue weighted by molar-refractivity contribution is 7.89. The van der Waals surface area contributed by atoms with Crippen LogP contribution in [-0.2, 0) is 19.7 Å². The van der Waals surface area contributed by atoms with Crippen molar-refractivity contribution in [3.8, 4) is 5.75 Å². The van der Waals surface area contributed by atoms with Gasteiger partial charge in [-0.3, -0.25) is 24.4 Å². The summed E-state index contributed by atoms with van der Waals surface area (Å²) in [5.74, 6) is 0.644. The summed E-state index contributed by atoms with van der Waals surface area (Å²) in [7, 11) is 0.270. The molecule has 2 aliphatic heterocycles. The fourth-order valence-electron chi connectivity index (χ4n) is 6.32. The number of piperazine rings is 1. The van der Waals surface area contributed by atoms with E-state index in [2.05, 4.69) is 0 Å². The predicted octanol–water partition coefficient (Wildman–Crippen LogP) is 6.03. The lowest BCUT2D eigenvalue weighted by Gasteiger charge is -2.39. The molecule has 0 aliphatic carbocycles. The molecule has 1 saturated heterocycles. The van der Waals surface area contributed by atoms with E-state index in [1.165, 1.54) is 20.2 Å². The summed E-state index contributed by atoms with van der Waals surface area (Å²) in [6, 6.07) is 16.2. The number of aliphatic imine (C=N–C) groups is 1. The van der Waals surface area contributed by atoms with Crippen LogP contribution in [0.3, 0.4) is 0 Å². The summed E-state index contributed by atoms with van der Waals surface area (Å²) in [5.41, 5.74) is 2.34. The van der Waals surface area contributed by atoms with Crippen LogP contribution in [0.15, 0.2) is 70.6 Å². The van der Waals surface area contributed by atoms with Gasteiger partial charge in [0.05, 0.1) is 36.8 Å². The minimum atomic E-state index is -4.11. The number of amidine groups is 1. The van der Waals surface area contributed by atoms with Gasteiger partial charge in [0.15, 0.2) is 0 Å². The van der Waals surface area contributed by atoms with E-state index >= 15 is 4.79 Å². The van der Waals surface area contributed by atoms with Crippen molar-refractivity contribution in [2.24, 2.45) is 4.99 Å². The molecule has 2 aliphatic rings. The second-order valence-corrected chi connectivity index (χ2v) is 15.9. The number of carbonyl (C=O) groups excluding carboxylic acids is 2. The summed E-state index contributed by atoms with van der Waals surface area (Å²) in [4.78, 5) is 45.3. The molecular formula is C37H46Cl2N6O6S. The fourth-order valence-corrected chi connectivity index (χ4v) is 7.78. The number of nitrogens with zero attached hydrogens (tertiary/aromatic N) is 6. The van der Waals surface area contributed by atoms with E-state index in [0.717, 1.165) is 15.6 Å². The lowest BCUT2D eigenvalue weighted by Crippen LogP contribution is -2.55. The molecule has 280 valence electrons. The summed E-state index contributed by atoms with van der Waals surface area (Å²) in [6.45, 7) is 9.71. The number of hydroxylamine groups is 1. The number of carbonyl (C=O) groups is 2. The molecule has 52 heavy (non-hydrogen) atoms. The number of sulfonamides is 1. The fraction of sp³-hybridized carbons (Fsp3) is 0.432. The highest BCUT2D eigenvalue weighted by atomic mass is 35.5. The van der Waals surface area contributed by atoms with Crippen LogP contribution in [0.4, 0.5) is 4.79 Å². The van der Waals surface area contributed by atoms with Gasteiger partial charge in [-0.15, -0.1) is 0 Å². The van der Waals surface area contributed by atoms with Gasteiger partial charge >= 0.3 is 6.03 Å². The van der Waals surface area contributed by atoms with E-state index in [1.807, 2.05) is 49.9 Å². The molecule has 0 bridgehead atoms. The van der Waals surface area contributed by atoms with E-state index < -0.39 is 22.1 Å². The summed E-state index contributed by atoms with van der Waals surface area (Å²) in [5, 5.41) is 1.08. The number of urea groups is 1. The van der Waals surface area contributed by atoms with Gasteiger partial charge in [0.25, 0.3) is 10.0 Å². The molecule has 0 N–H and O–H groups in total. The average Bonchev–Trinajstić information content (AvgIpc) is 3.51. The van der Waals surface area contributed by atoms with Gasteiger partial charge in [-0.2, -0.15) is 0 Å². The third-order valence-electron chi connectivity index (χ3n) is 9.56. The number of rotatable bonds is 11. The molecule has 0 spiro atoms. The second-order valence-electron chi connectivity index (χ2n) is 13.1. The molecule has 15 heteroatoms. The molecule has 0 aromatic heterocycles. The van der Waals surface area contributed by atoms with Crippen molar-refractivity contribution in [3.05, 3.63) is 93.0 Å². The third kappa shape index (κ3) is 8.24.